The van der Waals surface area contributed by atoms with E-state index in [0.29, 0.717) is 45.3 Å². The number of carbonyl (C=O) groups is 1. The fourth-order valence-electron chi connectivity index (χ4n) is 4.43. The molecule has 9 heteroatoms. The average Bonchev–Trinajstić information content (AvgIpc) is 3.03. The summed E-state index contributed by atoms with van der Waals surface area (Å²) in [6.07, 6.45) is 4.55. The Kier molecular flexibility index (Phi) is 13.1. The Morgan fingerprint density at radius 3 is 2.38 bits per heavy atom. The van der Waals surface area contributed by atoms with Crippen LogP contribution in [0.25, 0.3) is 0 Å². The van der Waals surface area contributed by atoms with Gasteiger partial charge in [0.25, 0.3) is 5.91 Å². The third-order valence-electron chi connectivity index (χ3n) is 7.06. The van der Waals surface area contributed by atoms with Crippen LogP contribution in [0.3, 0.4) is 0 Å². The summed E-state index contributed by atoms with van der Waals surface area (Å²) < 4.78 is 0. The van der Waals surface area contributed by atoms with Crippen LogP contribution in [-0.2, 0) is 4.79 Å². The number of guanidine groups is 1. The van der Waals surface area contributed by atoms with Crippen molar-refractivity contribution in [1.29, 1.82) is 0 Å². The fraction of sp³-hybridized carbons (Fsp3) is 0.278. The third kappa shape index (κ3) is 9.40. The maximum absolute atomic E-state index is 13.7. The molecule has 0 radical (unpaired) electrons. The van der Waals surface area contributed by atoms with Crippen LogP contribution in [0.1, 0.15) is 65.1 Å². The zero-order chi connectivity index (χ0) is 32.9. The lowest BCUT2D eigenvalue weighted by molar-refractivity contribution is -0.113. The molecule has 45 heavy (non-hydrogen) atoms. The number of hydrogen-bond donors (Lipinski definition) is 3. The van der Waals surface area contributed by atoms with E-state index in [1.54, 1.807) is 17.3 Å². The highest BCUT2D eigenvalue weighted by molar-refractivity contribution is 6.31. The van der Waals surface area contributed by atoms with Crippen molar-refractivity contribution in [1.82, 2.24) is 5.32 Å². The van der Waals surface area contributed by atoms with Gasteiger partial charge in [-0.2, -0.15) is 5.10 Å². The van der Waals surface area contributed by atoms with E-state index in [0.717, 1.165) is 23.4 Å². The highest BCUT2D eigenvalue weighted by Crippen LogP contribution is 2.35. The van der Waals surface area contributed by atoms with Crippen molar-refractivity contribution in [2.45, 2.75) is 60.9 Å². The summed E-state index contributed by atoms with van der Waals surface area (Å²) in [6.45, 7) is 17.8. The fourth-order valence-corrected chi connectivity index (χ4v) is 4.67. The second-order valence-electron chi connectivity index (χ2n) is 10.4. The molecule has 236 valence electrons. The van der Waals surface area contributed by atoms with Gasteiger partial charge >= 0.3 is 0 Å². The second kappa shape index (κ2) is 17.0. The van der Waals surface area contributed by atoms with E-state index in [4.69, 9.17) is 16.6 Å². The Hall–Kier alpha value is -4.69. The summed E-state index contributed by atoms with van der Waals surface area (Å²) in [7, 11) is 0. The quantitative estimate of drug-likeness (QED) is 0.126. The van der Waals surface area contributed by atoms with Crippen molar-refractivity contribution in [3.05, 3.63) is 113 Å². The van der Waals surface area contributed by atoms with Gasteiger partial charge in [-0.25, -0.2) is 15.0 Å². The number of carbonyl (C=O) groups excluding carboxylic acids is 1. The molecule has 2 atom stereocenters. The van der Waals surface area contributed by atoms with Gasteiger partial charge in [0.15, 0.2) is 0 Å². The SMILES string of the molecule is C=CN(/N=C\C(C)CC)c1ccc(NC(=O)C2=C(C)NC(/N=C(/C)Nc3ccccc3C)=NC2c2ccccc2Cl)cc1.CC. The number of hydrazone groups is 1. The van der Waals surface area contributed by atoms with Crippen molar-refractivity contribution in [3.63, 3.8) is 0 Å². The predicted octanol–water partition coefficient (Wildman–Crippen LogP) is 9.10. The summed E-state index contributed by atoms with van der Waals surface area (Å²) in [6, 6.07) is 22.1. The molecule has 3 aromatic rings. The molecule has 0 saturated carbocycles. The lowest BCUT2D eigenvalue weighted by atomic mass is 9.95. The lowest BCUT2D eigenvalue weighted by Gasteiger charge is -2.26. The van der Waals surface area contributed by atoms with E-state index in [2.05, 4.69) is 46.5 Å². The van der Waals surface area contributed by atoms with Crippen molar-refractivity contribution in [2.24, 2.45) is 21.0 Å². The van der Waals surface area contributed by atoms with Gasteiger partial charge in [-0.3, -0.25) is 4.79 Å². The van der Waals surface area contributed by atoms with Gasteiger partial charge in [-0.1, -0.05) is 82.3 Å². The molecular formula is C36H44ClN7O. The molecule has 0 bridgehead atoms. The number of anilines is 3. The average molecular weight is 626 g/mol. The number of hydrogen-bond acceptors (Lipinski definition) is 6. The highest BCUT2D eigenvalue weighted by Gasteiger charge is 2.30. The van der Waals surface area contributed by atoms with Gasteiger partial charge in [0.05, 0.1) is 11.3 Å². The highest BCUT2D eigenvalue weighted by atomic mass is 35.5. The van der Waals surface area contributed by atoms with E-state index in [-0.39, 0.29) is 5.91 Å². The van der Waals surface area contributed by atoms with Gasteiger partial charge in [0, 0.05) is 40.1 Å². The first-order valence-electron chi connectivity index (χ1n) is 15.2. The number of para-hydroxylation sites is 1. The topological polar surface area (TPSA) is 93.5 Å². The molecule has 0 fully saturated rings. The normalized spacial score (nSPS) is 15.3. The molecule has 0 spiro atoms. The molecule has 4 rings (SSSR count). The number of aryl methyl sites for hydroxylation is 1. The molecule has 2 unspecified atom stereocenters. The Balaban J connectivity index is 0.00000271. The molecular weight excluding hydrogens is 582 g/mol. The standard InChI is InChI=1S/C34H38ClN7O.C2H6/c1-7-22(3)21-36-42(8-2)27-19-17-26(18-20-27)40-33(43)31-24(5)37-34(41-32(31)28-14-10-11-15-29(28)35)39-25(6)38-30-16-12-9-13-23(30)4;1-2/h8-22,32H,2,7H2,1,3-6H3,(H,40,43)(H2,37,38,39,41);1-2H3/b36-21-;. The third-order valence-corrected chi connectivity index (χ3v) is 7.40. The summed E-state index contributed by atoms with van der Waals surface area (Å²) in [4.78, 5) is 23.3. The van der Waals surface area contributed by atoms with E-state index >= 15 is 0 Å². The second-order valence-corrected chi connectivity index (χ2v) is 10.8. The first kappa shape index (κ1) is 34.8. The van der Waals surface area contributed by atoms with Crippen LogP contribution in [-0.4, -0.2) is 23.9 Å². The van der Waals surface area contributed by atoms with Crippen molar-refractivity contribution < 1.29 is 4.79 Å². The molecule has 1 aliphatic rings. The van der Waals surface area contributed by atoms with Crippen LogP contribution in [0, 0.1) is 12.8 Å². The number of nitrogens with one attached hydrogen (secondary N) is 3. The number of rotatable bonds is 9. The maximum atomic E-state index is 13.7. The van der Waals surface area contributed by atoms with Crippen molar-refractivity contribution in [2.75, 3.05) is 15.6 Å². The van der Waals surface area contributed by atoms with Gasteiger partial charge < -0.3 is 16.0 Å². The minimum absolute atomic E-state index is 0.292. The lowest BCUT2D eigenvalue weighted by Crippen LogP contribution is -2.33. The first-order chi connectivity index (χ1) is 21.7. The van der Waals surface area contributed by atoms with Gasteiger partial charge in [-0.05, 0) is 75.1 Å². The number of amides is 1. The molecule has 0 aliphatic carbocycles. The van der Waals surface area contributed by atoms with E-state index in [9.17, 15) is 4.79 Å². The van der Waals surface area contributed by atoms with E-state index in [1.165, 1.54) is 0 Å². The van der Waals surface area contributed by atoms with E-state index < -0.39 is 6.04 Å². The number of benzene rings is 3. The molecule has 0 aromatic heterocycles. The molecule has 0 saturated heterocycles. The van der Waals surface area contributed by atoms with Crippen LogP contribution in [0.5, 0.6) is 0 Å². The summed E-state index contributed by atoms with van der Waals surface area (Å²) in [5, 5.41) is 16.3. The van der Waals surface area contributed by atoms with Crippen LogP contribution < -0.4 is 21.0 Å². The van der Waals surface area contributed by atoms with Crippen LogP contribution in [0.15, 0.2) is 112 Å². The van der Waals surface area contributed by atoms with Gasteiger partial charge in [0.1, 0.15) is 11.9 Å². The van der Waals surface area contributed by atoms with Crippen LogP contribution in [0.4, 0.5) is 17.1 Å². The Morgan fingerprint density at radius 2 is 1.73 bits per heavy atom. The minimum Gasteiger partial charge on any atom is -0.344 e. The largest absolute Gasteiger partial charge is 0.344 e. The molecule has 3 aromatic carbocycles. The van der Waals surface area contributed by atoms with Crippen LogP contribution >= 0.6 is 11.6 Å². The first-order valence-corrected chi connectivity index (χ1v) is 15.6. The molecule has 3 N–H and O–H groups in total. The zero-order valence-corrected chi connectivity index (χ0v) is 28.0. The zero-order valence-electron chi connectivity index (χ0n) is 27.2. The molecule has 1 amide bonds. The maximum Gasteiger partial charge on any atom is 0.255 e. The van der Waals surface area contributed by atoms with Crippen molar-refractivity contribution in [3.8, 4) is 0 Å². The Labute approximate surface area is 272 Å². The minimum atomic E-state index is -0.662. The smallest absolute Gasteiger partial charge is 0.255 e. The van der Waals surface area contributed by atoms with Crippen LogP contribution in [0.2, 0.25) is 5.02 Å². The van der Waals surface area contributed by atoms with E-state index in [1.807, 2.05) is 108 Å². The van der Waals surface area contributed by atoms with Gasteiger partial charge in [0.2, 0.25) is 5.96 Å². The number of halogens is 1. The Morgan fingerprint density at radius 1 is 1.07 bits per heavy atom. The monoisotopic (exact) mass is 625 g/mol. The predicted molar refractivity (Wildman–Crippen MR) is 192 cm³/mol. The number of amidine groups is 1. The Bertz CT molecular complexity index is 1590. The number of nitrogens with zero attached hydrogens (tertiary/aromatic N) is 4. The van der Waals surface area contributed by atoms with Gasteiger partial charge in [-0.15, -0.1) is 0 Å². The summed E-state index contributed by atoms with van der Waals surface area (Å²) in [5.41, 5.74) is 5.32. The van der Waals surface area contributed by atoms with Crippen molar-refractivity contribution >= 4 is 52.6 Å². The molecule has 8 nitrogen and oxygen atoms in total. The summed E-state index contributed by atoms with van der Waals surface area (Å²) >= 11 is 6.61. The summed E-state index contributed by atoms with van der Waals surface area (Å²) in [5.74, 6) is 1.10. The number of aliphatic imine (C=N–C) groups is 2. The molecule has 1 aliphatic heterocycles. The number of allylic oxidation sites excluding steroid dienone is 1. The molecule has 1 heterocycles.